The summed E-state index contributed by atoms with van der Waals surface area (Å²) in [4.78, 5) is 16.2. The molecule has 3 N–H and O–H groups in total. The quantitative estimate of drug-likeness (QED) is 0.748. The molecule has 2 aromatic rings. The molecule has 2 heterocycles. The molecule has 1 aromatic heterocycles. The molecule has 1 aliphatic heterocycles. The fourth-order valence-corrected chi connectivity index (χ4v) is 3.72. The molecule has 0 radical (unpaired) electrons. The molecule has 0 spiro atoms. The smallest absolute Gasteiger partial charge is 0.261 e. The summed E-state index contributed by atoms with van der Waals surface area (Å²) in [5, 5.41) is 6.20. The lowest BCUT2D eigenvalue weighted by Gasteiger charge is -2.23. The number of hydrogen-bond donors (Lipinski definition) is 3. The van der Waals surface area contributed by atoms with Gasteiger partial charge in [-0.25, -0.2) is 8.42 Å². The fraction of sp³-hybridized carbons (Fsp3) is 0.294. The summed E-state index contributed by atoms with van der Waals surface area (Å²) in [6.07, 6.45) is 4.99. The summed E-state index contributed by atoms with van der Waals surface area (Å²) < 4.78 is 27.2. The lowest BCUT2D eigenvalue weighted by Crippen LogP contribution is -2.45. The van der Waals surface area contributed by atoms with E-state index in [1.165, 1.54) is 36.7 Å². The second-order valence-electron chi connectivity index (χ2n) is 5.88. The highest BCUT2D eigenvalue weighted by Crippen LogP contribution is 2.16. The molecular weight excluding hydrogens is 340 g/mol. The molecule has 1 aromatic carbocycles. The van der Waals surface area contributed by atoms with Gasteiger partial charge in [-0.2, -0.15) is 0 Å². The van der Waals surface area contributed by atoms with E-state index in [-0.39, 0.29) is 16.8 Å². The number of sulfonamides is 1. The van der Waals surface area contributed by atoms with Crippen molar-refractivity contribution >= 4 is 21.6 Å². The lowest BCUT2D eigenvalue weighted by atomic mass is 10.1. The summed E-state index contributed by atoms with van der Waals surface area (Å²) in [6, 6.07) is 9.14. The van der Waals surface area contributed by atoms with Crippen LogP contribution in [0.15, 0.2) is 53.7 Å². The Morgan fingerprint density at radius 2 is 1.84 bits per heavy atom. The number of nitrogens with zero attached hydrogens (tertiary/aromatic N) is 1. The highest BCUT2D eigenvalue weighted by molar-refractivity contribution is 7.92. The molecule has 1 atom stereocenters. The van der Waals surface area contributed by atoms with Gasteiger partial charge in [-0.1, -0.05) is 0 Å². The van der Waals surface area contributed by atoms with Gasteiger partial charge in [0.25, 0.3) is 15.9 Å². The lowest BCUT2D eigenvalue weighted by molar-refractivity contribution is 0.0930. The molecule has 8 heteroatoms. The number of benzene rings is 1. The van der Waals surface area contributed by atoms with Crippen LogP contribution in [0.3, 0.4) is 0 Å². The van der Waals surface area contributed by atoms with Crippen molar-refractivity contribution in [2.75, 3.05) is 17.8 Å². The largest absolute Gasteiger partial charge is 0.348 e. The monoisotopic (exact) mass is 360 g/mol. The number of anilines is 1. The highest BCUT2D eigenvalue weighted by Gasteiger charge is 2.18. The third-order valence-corrected chi connectivity index (χ3v) is 5.39. The molecule has 1 unspecified atom stereocenters. The average molecular weight is 360 g/mol. The van der Waals surface area contributed by atoms with E-state index in [4.69, 9.17) is 0 Å². The van der Waals surface area contributed by atoms with E-state index in [0.717, 1.165) is 25.9 Å². The molecule has 0 bridgehead atoms. The van der Waals surface area contributed by atoms with Crippen molar-refractivity contribution in [3.8, 4) is 0 Å². The zero-order valence-electron chi connectivity index (χ0n) is 13.6. The van der Waals surface area contributed by atoms with E-state index in [0.29, 0.717) is 11.3 Å². The number of nitrogens with one attached hydrogen (secondary N) is 3. The molecule has 25 heavy (non-hydrogen) atoms. The number of piperidine rings is 1. The van der Waals surface area contributed by atoms with Crippen LogP contribution in [-0.2, 0) is 10.0 Å². The molecule has 1 saturated heterocycles. The van der Waals surface area contributed by atoms with Gasteiger partial charge in [-0.05, 0) is 55.8 Å². The van der Waals surface area contributed by atoms with Gasteiger partial charge in [-0.15, -0.1) is 0 Å². The van der Waals surface area contributed by atoms with E-state index >= 15 is 0 Å². The van der Waals surface area contributed by atoms with Gasteiger partial charge in [0.1, 0.15) is 0 Å². The van der Waals surface area contributed by atoms with E-state index in [9.17, 15) is 13.2 Å². The first-order valence-corrected chi connectivity index (χ1v) is 9.57. The number of carbonyl (C=O) groups is 1. The molecule has 0 saturated carbocycles. The second kappa shape index (κ2) is 7.62. The van der Waals surface area contributed by atoms with Crippen molar-refractivity contribution in [2.24, 2.45) is 0 Å². The normalized spacial score (nSPS) is 17.7. The molecular formula is C17H20N4O3S. The van der Waals surface area contributed by atoms with Crippen molar-refractivity contribution in [1.82, 2.24) is 15.6 Å². The average Bonchev–Trinajstić information content (AvgIpc) is 2.63. The van der Waals surface area contributed by atoms with Crippen LogP contribution in [0.5, 0.6) is 0 Å². The van der Waals surface area contributed by atoms with Gasteiger partial charge >= 0.3 is 0 Å². The Morgan fingerprint density at radius 3 is 2.48 bits per heavy atom. The van der Waals surface area contributed by atoms with Crippen LogP contribution in [0.1, 0.15) is 23.2 Å². The summed E-state index contributed by atoms with van der Waals surface area (Å²) in [6.45, 7) is 1.73. The third kappa shape index (κ3) is 4.55. The Bertz CT molecular complexity index is 817. The fourth-order valence-electron chi connectivity index (χ4n) is 2.66. The van der Waals surface area contributed by atoms with Crippen LogP contribution in [0.25, 0.3) is 0 Å². The Labute approximate surface area is 146 Å². The first-order chi connectivity index (χ1) is 12.0. The van der Waals surface area contributed by atoms with Crippen LogP contribution in [0, 0.1) is 0 Å². The van der Waals surface area contributed by atoms with E-state index in [1.54, 1.807) is 12.1 Å². The number of amides is 1. The molecule has 1 aliphatic rings. The number of pyridine rings is 1. The van der Waals surface area contributed by atoms with Gasteiger partial charge in [0.05, 0.1) is 10.6 Å². The van der Waals surface area contributed by atoms with Crippen LogP contribution in [0.4, 0.5) is 5.69 Å². The van der Waals surface area contributed by atoms with Gasteiger partial charge < -0.3 is 10.6 Å². The van der Waals surface area contributed by atoms with Gasteiger partial charge in [0.2, 0.25) is 0 Å². The van der Waals surface area contributed by atoms with Crippen molar-refractivity contribution in [2.45, 2.75) is 23.8 Å². The maximum absolute atomic E-state index is 12.4. The third-order valence-electron chi connectivity index (χ3n) is 3.99. The SMILES string of the molecule is O=C(NC1CCCNC1)c1ccc(S(=O)(=O)Nc2ccncc2)cc1. The van der Waals surface area contributed by atoms with Crippen molar-refractivity contribution in [1.29, 1.82) is 0 Å². The molecule has 7 nitrogen and oxygen atoms in total. The Morgan fingerprint density at radius 1 is 1.12 bits per heavy atom. The standard InChI is InChI=1S/C17H20N4O3S/c22-17(20-15-2-1-9-19-12-15)13-3-5-16(6-4-13)25(23,24)21-14-7-10-18-11-8-14/h3-8,10-11,15,19H,1-2,9,12H2,(H,18,21)(H,20,22). The first-order valence-electron chi connectivity index (χ1n) is 8.09. The zero-order chi connectivity index (χ0) is 17.7. The maximum Gasteiger partial charge on any atom is 0.261 e. The van der Waals surface area contributed by atoms with Gasteiger partial charge in [-0.3, -0.25) is 14.5 Å². The maximum atomic E-state index is 12.4. The minimum Gasteiger partial charge on any atom is -0.348 e. The summed E-state index contributed by atoms with van der Waals surface area (Å²) in [5.41, 5.74) is 0.870. The number of rotatable bonds is 5. The summed E-state index contributed by atoms with van der Waals surface area (Å²) >= 11 is 0. The Hall–Kier alpha value is -2.45. The van der Waals surface area contributed by atoms with Crippen LogP contribution < -0.4 is 15.4 Å². The molecule has 132 valence electrons. The summed E-state index contributed by atoms with van der Waals surface area (Å²) in [5.74, 6) is -0.195. The van der Waals surface area contributed by atoms with E-state index < -0.39 is 10.0 Å². The van der Waals surface area contributed by atoms with Crippen LogP contribution in [-0.4, -0.2) is 38.4 Å². The van der Waals surface area contributed by atoms with Crippen LogP contribution in [0.2, 0.25) is 0 Å². The van der Waals surface area contributed by atoms with E-state index in [1.807, 2.05) is 0 Å². The zero-order valence-corrected chi connectivity index (χ0v) is 14.4. The van der Waals surface area contributed by atoms with E-state index in [2.05, 4.69) is 20.3 Å². The molecule has 1 fully saturated rings. The Kier molecular flexibility index (Phi) is 5.30. The number of carbonyl (C=O) groups excluding carboxylic acids is 1. The predicted octanol–water partition coefficient (Wildman–Crippen LogP) is 1.36. The van der Waals surface area contributed by atoms with Crippen molar-refractivity contribution in [3.05, 3.63) is 54.4 Å². The Balaban J connectivity index is 1.67. The predicted molar refractivity (Wildman–Crippen MR) is 94.8 cm³/mol. The van der Waals surface area contributed by atoms with Gasteiger partial charge in [0.15, 0.2) is 0 Å². The van der Waals surface area contributed by atoms with Crippen molar-refractivity contribution < 1.29 is 13.2 Å². The van der Waals surface area contributed by atoms with Crippen LogP contribution >= 0.6 is 0 Å². The number of aromatic nitrogens is 1. The number of hydrogen-bond acceptors (Lipinski definition) is 5. The van der Waals surface area contributed by atoms with Crippen molar-refractivity contribution in [3.63, 3.8) is 0 Å². The van der Waals surface area contributed by atoms with Gasteiger partial charge in [0, 0.05) is 30.5 Å². The molecule has 0 aliphatic carbocycles. The second-order valence-corrected chi connectivity index (χ2v) is 7.56. The minimum atomic E-state index is -3.70. The minimum absolute atomic E-state index is 0.0974. The molecule has 1 amide bonds. The highest BCUT2D eigenvalue weighted by atomic mass is 32.2. The first kappa shape index (κ1) is 17.4. The molecule has 3 rings (SSSR count). The summed E-state index contributed by atoms with van der Waals surface area (Å²) in [7, 11) is -3.70. The topological polar surface area (TPSA) is 100 Å².